The molecule has 4 rings (SSSR count). The van der Waals surface area contributed by atoms with Crippen LogP contribution in [0.15, 0.2) is 34.7 Å². The molecule has 2 aromatic heterocycles. The molecule has 1 aromatic carbocycles. The molecule has 0 bridgehead atoms. The number of rotatable bonds is 1. The van der Waals surface area contributed by atoms with Crippen LogP contribution in [0.5, 0.6) is 0 Å². The summed E-state index contributed by atoms with van der Waals surface area (Å²) in [6.07, 6.45) is 5.52. The summed E-state index contributed by atoms with van der Waals surface area (Å²) in [5.41, 5.74) is 3.05. The second kappa shape index (κ2) is 5.15. The lowest BCUT2D eigenvalue weighted by molar-refractivity contribution is 0.624. The molecule has 0 spiro atoms. The van der Waals surface area contributed by atoms with Gasteiger partial charge in [0, 0.05) is 16.6 Å². The van der Waals surface area contributed by atoms with Crippen molar-refractivity contribution < 1.29 is 4.42 Å². The maximum Gasteiger partial charge on any atom is 0.197 e. The highest BCUT2D eigenvalue weighted by molar-refractivity contribution is 6.30. The maximum absolute atomic E-state index is 6.38. The zero-order valence-electron chi connectivity index (χ0n) is 11.6. The number of halogens is 1. The van der Waals surface area contributed by atoms with Crippen molar-refractivity contribution in [2.45, 2.75) is 32.1 Å². The van der Waals surface area contributed by atoms with E-state index >= 15 is 0 Å². The highest BCUT2D eigenvalue weighted by Crippen LogP contribution is 2.30. The molecule has 2 heterocycles. The second-order valence-corrected chi connectivity index (χ2v) is 5.83. The summed E-state index contributed by atoms with van der Waals surface area (Å²) in [7, 11) is 0. The van der Waals surface area contributed by atoms with Crippen LogP contribution in [-0.4, -0.2) is 9.97 Å². The zero-order valence-corrected chi connectivity index (χ0v) is 12.4. The molecule has 0 aliphatic heterocycles. The summed E-state index contributed by atoms with van der Waals surface area (Å²) in [4.78, 5) is 9.16. The van der Waals surface area contributed by atoms with E-state index in [1.807, 2.05) is 30.3 Å². The smallest absolute Gasteiger partial charge is 0.197 e. The minimum atomic E-state index is 0.581. The van der Waals surface area contributed by atoms with Crippen LogP contribution < -0.4 is 0 Å². The molecule has 3 aromatic rings. The third-order valence-corrected chi connectivity index (χ3v) is 4.34. The van der Waals surface area contributed by atoms with Crippen molar-refractivity contribution in [1.82, 2.24) is 9.97 Å². The van der Waals surface area contributed by atoms with E-state index in [1.165, 1.54) is 19.3 Å². The third-order valence-electron chi connectivity index (χ3n) is 4.03. The first-order valence-corrected chi connectivity index (χ1v) is 7.73. The van der Waals surface area contributed by atoms with Gasteiger partial charge in [0.05, 0.1) is 0 Å². The van der Waals surface area contributed by atoms with Crippen LogP contribution in [0.25, 0.3) is 22.6 Å². The highest BCUT2D eigenvalue weighted by atomic mass is 35.5. The lowest BCUT2D eigenvalue weighted by atomic mass is 10.1. The van der Waals surface area contributed by atoms with E-state index in [9.17, 15) is 0 Å². The Balaban J connectivity index is 1.84. The molecule has 4 heteroatoms. The van der Waals surface area contributed by atoms with Gasteiger partial charge in [0.1, 0.15) is 10.7 Å². The predicted octanol–water partition coefficient (Wildman–Crippen LogP) is 4.81. The van der Waals surface area contributed by atoms with Crippen LogP contribution in [0.1, 0.15) is 30.5 Å². The average molecular weight is 299 g/mol. The summed E-state index contributed by atoms with van der Waals surface area (Å²) >= 11 is 6.38. The second-order valence-electron chi connectivity index (χ2n) is 5.47. The number of aryl methyl sites for hydroxylation is 1. The number of hydrogen-bond acceptors (Lipinski definition) is 3. The first kappa shape index (κ1) is 12.8. The van der Waals surface area contributed by atoms with Crippen LogP contribution in [-0.2, 0) is 12.8 Å². The van der Waals surface area contributed by atoms with Crippen molar-refractivity contribution in [2.24, 2.45) is 0 Å². The summed E-state index contributed by atoms with van der Waals surface area (Å²) in [5.74, 6) is 1.28. The van der Waals surface area contributed by atoms with Crippen molar-refractivity contribution in [3.05, 3.63) is 46.7 Å². The molecule has 0 radical (unpaired) electrons. The Morgan fingerprint density at radius 1 is 1.00 bits per heavy atom. The quantitative estimate of drug-likeness (QED) is 0.478. The van der Waals surface area contributed by atoms with Gasteiger partial charge in [0.25, 0.3) is 0 Å². The first-order valence-electron chi connectivity index (χ1n) is 7.35. The molecule has 0 atom stereocenters. The fourth-order valence-corrected chi connectivity index (χ4v) is 3.21. The van der Waals surface area contributed by atoms with E-state index in [0.717, 1.165) is 35.1 Å². The van der Waals surface area contributed by atoms with E-state index < -0.39 is 0 Å². The Bertz CT molecular complexity index is 777. The lowest BCUT2D eigenvalue weighted by Crippen LogP contribution is -2.01. The van der Waals surface area contributed by atoms with Crippen molar-refractivity contribution in [1.29, 1.82) is 0 Å². The van der Waals surface area contributed by atoms with Crippen molar-refractivity contribution in [3.63, 3.8) is 0 Å². The van der Waals surface area contributed by atoms with Crippen molar-refractivity contribution >= 4 is 22.6 Å². The van der Waals surface area contributed by atoms with Crippen molar-refractivity contribution in [2.75, 3.05) is 0 Å². The number of nitrogens with zero attached hydrogens (tertiary/aromatic N) is 2. The number of hydrogen-bond donors (Lipinski definition) is 0. The maximum atomic E-state index is 6.38. The van der Waals surface area contributed by atoms with Crippen LogP contribution in [0, 0.1) is 0 Å². The minimum Gasteiger partial charge on any atom is -0.453 e. The normalized spacial score (nSPS) is 14.9. The van der Waals surface area contributed by atoms with Gasteiger partial charge in [-0.15, -0.1) is 0 Å². The molecule has 0 amide bonds. The zero-order chi connectivity index (χ0) is 14.2. The van der Waals surface area contributed by atoms with E-state index in [4.69, 9.17) is 21.0 Å². The molecule has 21 heavy (non-hydrogen) atoms. The molecule has 106 valence electrons. The van der Waals surface area contributed by atoms with Gasteiger partial charge in [0.2, 0.25) is 0 Å². The number of para-hydroxylation sites is 1. The van der Waals surface area contributed by atoms with Crippen molar-refractivity contribution in [3.8, 4) is 11.6 Å². The largest absolute Gasteiger partial charge is 0.453 e. The van der Waals surface area contributed by atoms with E-state index in [0.29, 0.717) is 16.7 Å². The standard InChI is InChI=1S/C17H15ClN2O/c18-16-12-7-2-1-3-8-13(12)19-17(20-16)15-10-11-6-4-5-9-14(11)21-15/h4-6,9-10H,1-3,7-8H2. The average Bonchev–Trinajstić information content (AvgIpc) is 2.78. The molecule has 0 fully saturated rings. The molecule has 1 aliphatic rings. The van der Waals surface area contributed by atoms with E-state index in [1.54, 1.807) is 0 Å². The molecular formula is C17H15ClN2O. The Morgan fingerprint density at radius 2 is 1.86 bits per heavy atom. The topological polar surface area (TPSA) is 38.9 Å². The van der Waals surface area contributed by atoms with Gasteiger partial charge >= 0.3 is 0 Å². The van der Waals surface area contributed by atoms with Gasteiger partial charge < -0.3 is 4.42 Å². The monoisotopic (exact) mass is 298 g/mol. The van der Waals surface area contributed by atoms with Crippen LogP contribution in [0.4, 0.5) is 0 Å². The minimum absolute atomic E-state index is 0.581. The molecule has 3 nitrogen and oxygen atoms in total. The third kappa shape index (κ3) is 2.32. The summed E-state index contributed by atoms with van der Waals surface area (Å²) < 4.78 is 5.85. The number of furan rings is 1. The predicted molar refractivity (Wildman–Crippen MR) is 83.5 cm³/mol. The number of fused-ring (bicyclic) bond motifs is 2. The van der Waals surface area contributed by atoms with E-state index in [2.05, 4.69) is 4.98 Å². The van der Waals surface area contributed by atoms with Crippen LogP contribution in [0.2, 0.25) is 5.15 Å². The molecule has 0 saturated heterocycles. The molecule has 0 unspecified atom stereocenters. The number of aromatic nitrogens is 2. The molecule has 0 N–H and O–H groups in total. The van der Waals surface area contributed by atoms with Gasteiger partial charge in [-0.25, -0.2) is 9.97 Å². The summed E-state index contributed by atoms with van der Waals surface area (Å²) in [6.45, 7) is 0. The Morgan fingerprint density at radius 3 is 2.76 bits per heavy atom. The van der Waals surface area contributed by atoms with Gasteiger partial charge in [-0.2, -0.15) is 0 Å². The Hall–Kier alpha value is -1.87. The van der Waals surface area contributed by atoms with Crippen LogP contribution in [0.3, 0.4) is 0 Å². The van der Waals surface area contributed by atoms with Gasteiger partial charge in [0.15, 0.2) is 11.6 Å². The molecule has 1 aliphatic carbocycles. The van der Waals surface area contributed by atoms with Crippen LogP contribution >= 0.6 is 11.6 Å². The fourth-order valence-electron chi connectivity index (χ4n) is 2.93. The fraction of sp³-hybridized carbons (Fsp3) is 0.294. The Labute approximate surface area is 128 Å². The summed E-state index contributed by atoms with van der Waals surface area (Å²) in [5, 5.41) is 1.64. The van der Waals surface area contributed by atoms with Gasteiger partial charge in [-0.05, 0) is 37.8 Å². The first-order chi connectivity index (χ1) is 10.3. The van der Waals surface area contributed by atoms with E-state index in [-0.39, 0.29) is 0 Å². The summed E-state index contributed by atoms with van der Waals surface area (Å²) in [6, 6.07) is 9.90. The molecule has 0 saturated carbocycles. The Kier molecular flexibility index (Phi) is 3.15. The van der Waals surface area contributed by atoms with Gasteiger partial charge in [-0.3, -0.25) is 0 Å². The SMILES string of the molecule is Clc1nc(-c2cc3ccccc3o2)nc2c1CCCCC2. The molecular weight excluding hydrogens is 284 g/mol. The lowest BCUT2D eigenvalue weighted by Gasteiger charge is -2.07. The highest BCUT2D eigenvalue weighted by Gasteiger charge is 2.18. The number of benzene rings is 1. The van der Waals surface area contributed by atoms with Gasteiger partial charge in [-0.1, -0.05) is 36.2 Å².